The largest absolute Gasteiger partial charge is 0.458 e. The minimum atomic E-state index is -2.92. The number of rotatable bonds is 12. The normalized spacial score (nSPS) is 16.6. The smallest absolute Gasteiger partial charge is 0.269 e. The number of fused-ring (bicyclic) bond motifs is 4. The van der Waals surface area contributed by atoms with Gasteiger partial charge in [0, 0.05) is 32.7 Å². The van der Waals surface area contributed by atoms with Gasteiger partial charge in [-0.1, -0.05) is 233 Å². The van der Waals surface area contributed by atoms with Crippen molar-refractivity contribution in [2.24, 2.45) is 0 Å². The number of pyridine rings is 1. The molecule has 12 aromatic carbocycles. The summed E-state index contributed by atoms with van der Waals surface area (Å²) in [5.74, 6) is 0.485. The van der Waals surface area contributed by atoms with Gasteiger partial charge in [-0.2, -0.15) is 0 Å². The van der Waals surface area contributed by atoms with Crippen LogP contribution in [0, 0.1) is 13.2 Å². The molecular weight excluding hydrogens is 1070 g/mol. The molecule has 0 aliphatic heterocycles. The van der Waals surface area contributed by atoms with Crippen LogP contribution in [0.25, 0.3) is 128 Å². The summed E-state index contributed by atoms with van der Waals surface area (Å²) >= 11 is 0. The third kappa shape index (κ3) is 10.1. The first kappa shape index (κ1) is 30.3. The van der Waals surface area contributed by atoms with E-state index in [4.69, 9.17) is 34.4 Å². The maximum Gasteiger partial charge on any atom is 0.269 e. The Hall–Kier alpha value is -11.1. The van der Waals surface area contributed by atoms with E-state index in [1.165, 1.54) is 29.0 Å². The number of hydrogen-bond donors (Lipinski definition) is 0. The van der Waals surface area contributed by atoms with E-state index in [1.54, 1.807) is 81.9 Å². The SMILES string of the molecule is [2H]c1cc(-c2cc(-c3c([2H])c([2H])c([2H])c([2H])c3[2H])cc(-c3c([2H])c(-c4c([2H])c([2H])c([2H])c([2H])c4[2H])c([2H])c(-c4c([2H])c([2H])c([2H])c([2H])c4[2H])c3[2H])c2-[n+]2[c-]n(-c3cccc(Oc4ccc5c6ccccc6n(-c6cc(C([2H])([2H])[2H])c(-c7c([2H])c([2H])c([2H])c([2H])c7[2H])cn6)c5c4)c3)c3cc(-c4ccc(C(C)(C)C)cc4)ccc32)c([2H])c([2H])c1[2H]. The van der Waals surface area contributed by atoms with Gasteiger partial charge >= 0.3 is 0 Å². The Morgan fingerprint density at radius 1 is 0.443 bits per heavy atom. The first-order valence-electron chi connectivity index (χ1n) is 42.7. The number of aromatic nitrogens is 4. The highest BCUT2D eigenvalue weighted by Gasteiger charge is 2.24. The summed E-state index contributed by atoms with van der Waals surface area (Å²) in [5, 5.41) is 1.38. The fourth-order valence-electron chi connectivity index (χ4n) is 10.9. The van der Waals surface area contributed by atoms with Crippen molar-refractivity contribution >= 4 is 32.8 Å². The van der Waals surface area contributed by atoms with Gasteiger partial charge in [-0.25, -0.2) is 4.98 Å². The fraction of sp³-hybridized carbons (Fsp3) is 0.0602. The van der Waals surface area contributed by atoms with Crippen molar-refractivity contribution in [3.05, 3.63) is 320 Å². The standard InChI is InChI=1S/C83H62N4O/c1-56-45-81(84-54-76(56)62-31-18-9-19-32-62)87-77-36-21-20-35-72(77)73-43-42-71(53-79(73)87)88-70-34-22-33-69(52-70)85-55-86(78-44-39-63(51-80(78)85)60-37-40-68(41-38-60)83(2,3)4)82-74(61-29-16-8-17-30-61)49-66(59-27-14-7-15-28-59)50-75(82)67-47-64(57-23-10-5-11-24-57)46-65(48-67)58-25-12-6-13-26-58/h5-54H,1-4H3/i1D3,5D,6D,7D,8D,9D,10D,11D,12D,13D,14D,15D,16D,17D,18D,19D,23D,24D,25D,26D,27D,28D,29D,31D,32D,46D,47D,48D. The average molecular weight is 1160 g/mol. The zero-order valence-electron chi connectivity index (χ0n) is 77.0. The van der Waals surface area contributed by atoms with Crippen molar-refractivity contribution in [3.63, 3.8) is 0 Å². The molecule has 0 N–H and O–H groups in total. The Kier molecular flexibility index (Phi) is 7.70. The number of hydrogen-bond acceptors (Lipinski definition) is 2. The second-order valence-electron chi connectivity index (χ2n) is 21.5. The summed E-state index contributed by atoms with van der Waals surface area (Å²) in [4.78, 5) is 4.72. The summed E-state index contributed by atoms with van der Waals surface area (Å²) in [6, 6.07) is 14.2. The molecule has 0 amide bonds. The predicted octanol–water partition coefficient (Wildman–Crippen LogP) is 21.3. The van der Waals surface area contributed by atoms with Crippen LogP contribution in [0.4, 0.5) is 0 Å². The van der Waals surface area contributed by atoms with Gasteiger partial charge < -0.3 is 4.74 Å². The highest BCUT2D eigenvalue weighted by atomic mass is 16.5. The van der Waals surface area contributed by atoms with Gasteiger partial charge in [0.15, 0.2) is 0 Å². The van der Waals surface area contributed by atoms with Crippen LogP contribution < -0.4 is 9.30 Å². The summed E-state index contributed by atoms with van der Waals surface area (Å²) in [7, 11) is 0. The van der Waals surface area contributed by atoms with Crippen LogP contribution in [-0.4, -0.2) is 14.1 Å². The zero-order chi connectivity index (χ0) is 85.3. The van der Waals surface area contributed by atoms with Crippen LogP contribution in [0.15, 0.2) is 303 Å². The Balaban J connectivity index is 1.04. The zero-order valence-corrected chi connectivity index (χ0v) is 47.0. The number of benzene rings is 12. The monoisotopic (exact) mass is 1160 g/mol. The first-order valence-corrected chi connectivity index (χ1v) is 27.7. The van der Waals surface area contributed by atoms with E-state index in [1.807, 2.05) is 36.4 Å². The number of aryl methyl sites for hydroxylation is 1. The maximum atomic E-state index is 10.6. The predicted molar refractivity (Wildman–Crippen MR) is 364 cm³/mol. The van der Waals surface area contributed by atoms with Crippen LogP contribution in [-0.2, 0) is 5.41 Å². The Labute approximate surface area is 556 Å². The molecule has 0 aliphatic carbocycles. The second-order valence-corrected chi connectivity index (χ2v) is 21.5. The molecule has 0 fully saturated rings. The van der Waals surface area contributed by atoms with E-state index in [-0.39, 0.29) is 73.0 Å². The molecule has 0 saturated carbocycles. The molecule has 3 aromatic heterocycles. The van der Waals surface area contributed by atoms with E-state index in [9.17, 15) is 16.4 Å². The van der Waals surface area contributed by atoms with E-state index >= 15 is 0 Å². The molecule has 88 heavy (non-hydrogen) atoms. The van der Waals surface area contributed by atoms with Crippen LogP contribution in [0.5, 0.6) is 11.5 Å². The number of nitrogens with zero attached hydrogens (tertiary/aromatic N) is 4. The molecule has 3 heterocycles. The van der Waals surface area contributed by atoms with Crippen molar-refractivity contribution in [2.45, 2.75) is 33.0 Å². The molecule has 0 aliphatic rings. The third-order valence-electron chi connectivity index (χ3n) is 15.1. The van der Waals surface area contributed by atoms with E-state index in [0.29, 0.717) is 38.4 Å². The van der Waals surface area contributed by atoms with E-state index < -0.39 is 209 Å². The molecule has 0 spiro atoms. The lowest BCUT2D eigenvalue weighted by molar-refractivity contribution is -0.571. The average Bonchev–Trinajstić information content (AvgIpc) is 1.72. The summed E-state index contributed by atoms with van der Waals surface area (Å²) < 4.78 is 284. The molecule has 5 nitrogen and oxygen atoms in total. The van der Waals surface area contributed by atoms with Crippen molar-refractivity contribution in [1.82, 2.24) is 14.1 Å². The molecule has 0 bridgehead atoms. The number of ether oxygens (including phenoxy) is 1. The van der Waals surface area contributed by atoms with Crippen LogP contribution >= 0.6 is 0 Å². The van der Waals surface area contributed by atoms with Gasteiger partial charge in [-0.15, -0.1) is 0 Å². The van der Waals surface area contributed by atoms with Gasteiger partial charge in [0.05, 0.1) is 70.5 Å². The molecule has 0 atom stereocenters. The molecule has 0 saturated heterocycles. The Morgan fingerprint density at radius 3 is 1.72 bits per heavy atom. The number of imidazole rings is 1. The second kappa shape index (κ2) is 22.4. The summed E-state index contributed by atoms with van der Waals surface area (Å²) in [6.45, 7) is 3.26. The molecule has 5 heteroatoms. The van der Waals surface area contributed by atoms with Crippen molar-refractivity contribution in [1.29, 1.82) is 0 Å². The van der Waals surface area contributed by atoms with Gasteiger partial charge in [-0.3, -0.25) is 13.7 Å². The van der Waals surface area contributed by atoms with Crippen LogP contribution in [0.1, 0.15) is 73.0 Å². The van der Waals surface area contributed by atoms with E-state index in [0.717, 1.165) is 11.6 Å². The maximum absolute atomic E-state index is 10.6. The molecule has 15 rings (SSSR count). The lowest BCUT2D eigenvalue weighted by Gasteiger charge is -2.21. The molecule has 0 radical (unpaired) electrons. The molecule has 15 aromatic rings. The number of para-hydroxylation sites is 1. The first-order chi connectivity index (χ1) is 55.6. The lowest BCUT2D eigenvalue weighted by atomic mass is 9.86. The van der Waals surface area contributed by atoms with Crippen LogP contribution in [0.2, 0.25) is 0 Å². The highest BCUT2D eigenvalue weighted by Crippen LogP contribution is 2.43. The van der Waals surface area contributed by atoms with Gasteiger partial charge in [-0.05, 0) is 175 Å². The summed E-state index contributed by atoms with van der Waals surface area (Å²) in [5.41, 5.74) is -3.41. The Morgan fingerprint density at radius 2 is 1.03 bits per heavy atom. The summed E-state index contributed by atoms with van der Waals surface area (Å²) in [6.07, 6.45) is 4.62. The minimum absolute atomic E-state index is 0.0818. The van der Waals surface area contributed by atoms with Crippen molar-refractivity contribution < 1.29 is 50.4 Å². The lowest BCUT2D eigenvalue weighted by Crippen LogP contribution is -2.31. The Bertz CT molecular complexity index is 6690. The highest BCUT2D eigenvalue weighted by molar-refractivity contribution is 6.09. The molecular formula is C83H62N4O. The fourth-order valence-corrected chi connectivity index (χ4v) is 10.9. The van der Waals surface area contributed by atoms with E-state index in [2.05, 4.69) is 27.1 Å². The third-order valence-corrected chi connectivity index (χ3v) is 15.1. The quantitative estimate of drug-likeness (QED) is 0.0903. The van der Waals surface area contributed by atoms with Gasteiger partial charge in [0.2, 0.25) is 0 Å². The van der Waals surface area contributed by atoms with Crippen molar-refractivity contribution in [2.75, 3.05) is 0 Å². The van der Waals surface area contributed by atoms with Crippen molar-refractivity contribution in [3.8, 4) is 107 Å². The minimum Gasteiger partial charge on any atom is -0.458 e. The van der Waals surface area contributed by atoms with Gasteiger partial charge in [0.1, 0.15) is 17.3 Å². The molecule has 420 valence electrons. The van der Waals surface area contributed by atoms with Crippen LogP contribution in [0.3, 0.4) is 0 Å². The molecule has 0 unspecified atom stereocenters. The topological polar surface area (TPSA) is 35.9 Å². The van der Waals surface area contributed by atoms with Gasteiger partial charge in [0.25, 0.3) is 6.33 Å².